The lowest BCUT2D eigenvalue weighted by Gasteiger charge is -2.35. The van der Waals surface area contributed by atoms with Gasteiger partial charge in [-0.25, -0.2) is 9.59 Å². The van der Waals surface area contributed by atoms with Crippen LogP contribution in [-0.4, -0.2) is 23.1 Å². The molecule has 114 valence electrons. The molecule has 3 N–H and O–H groups in total. The third-order valence-corrected chi connectivity index (χ3v) is 3.95. The van der Waals surface area contributed by atoms with E-state index in [2.05, 4.69) is 24.5 Å². The second-order valence-corrected chi connectivity index (χ2v) is 6.41. The van der Waals surface area contributed by atoms with Crippen LogP contribution in [0.3, 0.4) is 0 Å². The van der Waals surface area contributed by atoms with Crippen LogP contribution < -0.4 is 10.6 Å². The highest BCUT2D eigenvalue weighted by Crippen LogP contribution is 2.35. The third kappa shape index (κ3) is 4.21. The number of aromatic carboxylic acids is 1. The number of rotatable bonds is 3. The molecular weight excluding hydrogens is 268 g/mol. The number of hydrogen-bond acceptors (Lipinski definition) is 2. The molecule has 1 aromatic carbocycles. The van der Waals surface area contributed by atoms with Crippen molar-refractivity contribution in [3.05, 3.63) is 29.8 Å². The maximum Gasteiger partial charge on any atom is 0.337 e. The van der Waals surface area contributed by atoms with Gasteiger partial charge >= 0.3 is 12.0 Å². The van der Waals surface area contributed by atoms with Crippen molar-refractivity contribution in [2.75, 3.05) is 5.32 Å². The molecule has 0 bridgehead atoms. The van der Waals surface area contributed by atoms with Gasteiger partial charge in [0.1, 0.15) is 0 Å². The second kappa shape index (κ2) is 6.16. The standard InChI is InChI=1S/C16H22N2O3/c1-16(2)9-5-6-11(10-16)17-15(21)18-13-8-4-3-7-12(13)14(19)20/h3-4,7-8,11H,5-6,9-10H2,1-2H3,(H,19,20)(H2,17,18,21). The molecule has 5 nitrogen and oxygen atoms in total. The summed E-state index contributed by atoms with van der Waals surface area (Å²) in [6, 6.07) is 6.20. The van der Waals surface area contributed by atoms with Gasteiger partial charge in [-0.05, 0) is 36.8 Å². The number of hydrogen-bond donors (Lipinski definition) is 3. The zero-order valence-electron chi connectivity index (χ0n) is 12.5. The summed E-state index contributed by atoms with van der Waals surface area (Å²) in [5.41, 5.74) is 0.656. The van der Waals surface area contributed by atoms with Crippen molar-refractivity contribution in [1.82, 2.24) is 5.32 Å². The smallest absolute Gasteiger partial charge is 0.337 e. The SMILES string of the molecule is CC1(C)CCCC(NC(=O)Nc2ccccc2C(=O)O)C1. The van der Waals surface area contributed by atoms with Gasteiger partial charge in [0.25, 0.3) is 0 Å². The van der Waals surface area contributed by atoms with Crippen LogP contribution in [0.25, 0.3) is 0 Å². The predicted octanol–water partition coefficient (Wildman–Crippen LogP) is 3.48. The summed E-state index contributed by atoms with van der Waals surface area (Å²) in [5, 5.41) is 14.7. The first-order chi connectivity index (χ1) is 9.87. The maximum atomic E-state index is 12.1. The van der Waals surface area contributed by atoms with Crippen molar-refractivity contribution in [3.8, 4) is 0 Å². The maximum absolute atomic E-state index is 12.1. The number of anilines is 1. The summed E-state index contributed by atoms with van der Waals surface area (Å²) in [6.07, 6.45) is 4.19. The number of nitrogens with one attached hydrogen (secondary N) is 2. The van der Waals surface area contributed by atoms with Crippen LogP contribution in [0.5, 0.6) is 0 Å². The number of carboxylic acids is 1. The first kappa shape index (κ1) is 15.4. The summed E-state index contributed by atoms with van der Waals surface area (Å²) in [7, 11) is 0. The first-order valence-electron chi connectivity index (χ1n) is 7.27. The van der Waals surface area contributed by atoms with E-state index in [9.17, 15) is 9.59 Å². The molecule has 1 fully saturated rings. The highest BCUT2D eigenvalue weighted by molar-refractivity contribution is 6.00. The lowest BCUT2D eigenvalue weighted by Crippen LogP contribution is -2.42. The highest BCUT2D eigenvalue weighted by atomic mass is 16.4. The number of amides is 2. The average molecular weight is 290 g/mol. The Morgan fingerprint density at radius 1 is 1.29 bits per heavy atom. The Morgan fingerprint density at radius 2 is 2.00 bits per heavy atom. The summed E-state index contributed by atoms with van der Waals surface area (Å²) >= 11 is 0. The molecule has 1 aromatic rings. The van der Waals surface area contributed by atoms with E-state index in [1.54, 1.807) is 18.2 Å². The van der Waals surface area contributed by atoms with Crippen LogP contribution >= 0.6 is 0 Å². The Bertz CT molecular complexity index is 540. The molecule has 0 aliphatic heterocycles. The van der Waals surface area contributed by atoms with Crippen molar-refractivity contribution in [2.24, 2.45) is 5.41 Å². The average Bonchev–Trinajstić information content (AvgIpc) is 2.37. The summed E-state index contributed by atoms with van der Waals surface area (Å²) in [6.45, 7) is 4.41. The topological polar surface area (TPSA) is 78.4 Å². The van der Waals surface area contributed by atoms with E-state index in [0.717, 1.165) is 19.3 Å². The number of benzene rings is 1. The number of carbonyl (C=O) groups excluding carboxylic acids is 1. The lowest BCUT2D eigenvalue weighted by molar-refractivity contribution is 0.0698. The van der Waals surface area contributed by atoms with E-state index in [1.165, 1.54) is 12.5 Å². The van der Waals surface area contributed by atoms with Gasteiger partial charge in [-0.2, -0.15) is 0 Å². The monoisotopic (exact) mass is 290 g/mol. The Morgan fingerprint density at radius 3 is 2.67 bits per heavy atom. The molecule has 5 heteroatoms. The van der Waals surface area contributed by atoms with E-state index in [0.29, 0.717) is 5.69 Å². The van der Waals surface area contributed by atoms with Gasteiger partial charge in [0, 0.05) is 6.04 Å². The molecule has 1 aliphatic carbocycles. The van der Waals surface area contributed by atoms with Crippen LogP contribution in [0, 0.1) is 5.41 Å². The zero-order chi connectivity index (χ0) is 15.5. The molecule has 21 heavy (non-hydrogen) atoms. The molecule has 0 radical (unpaired) electrons. The molecule has 1 aliphatic rings. The Labute approximate surface area is 124 Å². The van der Waals surface area contributed by atoms with Crippen molar-refractivity contribution in [1.29, 1.82) is 0 Å². The zero-order valence-corrected chi connectivity index (χ0v) is 12.5. The molecule has 1 atom stereocenters. The number of para-hydroxylation sites is 1. The van der Waals surface area contributed by atoms with Crippen LogP contribution in [0.15, 0.2) is 24.3 Å². The Hall–Kier alpha value is -2.04. The van der Waals surface area contributed by atoms with Gasteiger partial charge in [0.2, 0.25) is 0 Å². The largest absolute Gasteiger partial charge is 0.478 e. The van der Waals surface area contributed by atoms with E-state index >= 15 is 0 Å². The van der Waals surface area contributed by atoms with E-state index in [4.69, 9.17) is 5.11 Å². The van der Waals surface area contributed by atoms with E-state index in [1.807, 2.05) is 0 Å². The van der Waals surface area contributed by atoms with Crippen molar-refractivity contribution in [3.63, 3.8) is 0 Å². The minimum absolute atomic E-state index is 0.0941. The molecule has 0 aromatic heterocycles. The third-order valence-electron chi connectivity index (χ3n) is 3.95. The molecule has 0 spiro atoms. The number of carbonyl (C=O) groups is 2. The molecule has 2 amide bonds. The molecule has 0 heterocycles. The van der Waals surface area contributed by atoms with Crippen molar-refractivity contribution in [2.45, 2.75) is 45.6 Å². The van der Waals surface area contributed by atoms with Gasteiger partial charge in [-0.15, -0.1) is 0 Å². The minimum atomic E-state index is -1.05. The first-order valence-corrected chi connectivity index (χ1v) is 7.27. The van der Waals surface area contributed by atoms with Gasteiger partial charge in [0.15, 0.2) is 0 Å². The van der Waals surface area contributed by atoms with E-state index in [-0.39, 0.29) is 23.1 Å². The van der Waals surface area contributed by atoms with Crippen LogP contribution in [-0.2, 0) is 0 Å². The molecular formula is C16H22N2O3. The van der Waals surface area contributed by atoms with Crippen molar-refractivity contribution >= 4 is 17.7 Å². The highest BCUT2D eigenvalue weighted by Gasteiger charge is 2.28. The fraction of sp³-hybridized carbons (Fsp3) is 0.500. The fourth-order valence-corrected chi connectivity index (χ4v) is 2.94. The van der Waals surface area contributed by atoms with Crippen LogP contribution in [0.1, 0.15) is 49.9 Å². The molecule has 1 unspecified atom stereocenters. The summed E-state index contributed by atoms with van der Waals surface area (Å²) in [4.78, 5) is 23.2. The normalized spacial score (nSPS) is 20.6. The van der Waals surface area contributed by atoms with Crippen LogP contribution in [0.2, 0.25) is 0 Å². The number of carboxylic acid groups (broad SMARTS) is 1. The Balaban J connectivity index is 1.98. The van der Waals surface area contributed by atoms with Gasteiger partial charge < -0.3 is 15.7 Å². The predicted molar refractivity (Wildman–Crippen MR) is 81.6 cm³/mol. The molecule has 1 saturated carbocycles. The van der Waals surface area contributed by atoms with Crippen molar-refractivity contribution < 1.29 is 14.7 Å². The lowest BCUT2D eigenvalue weighted by atomic mass is 9.75. The quantitative estimate of drug-likeness (QED) is 0.797. The van der Waals surface area contributed by atoms with Gasteiger partial charge in [0.05, 0.1) is 11.3 Å². The second-order valence-electron chi connectivity index (χ2n) is 6.41. The molecule has 0 saturated heterocycles. The van der Waals surface area contributed by atoms with Gasteiger partial charge in [-0.1, -0.05) is 32.4 Å². The molecule has 2 rings (SSSR count). The van der Waals surface area contributed by atoms with Gasteiger partial charge in [-0.3, -0.25) is 0 Å². The summed E-state index contributed by atoms with van der Waals surface area (Å²) in [5.74, 6) is -1.05. The van der Waals surface area contributed by atoms with Crippen LogP contribution in [0.4, 0.5) is 10.5 Å². The minimum Gasteiger partial charge on any atom is -0.478 e. The number of urea groups is 1. The van der Waals surface area contributed by atoms with E-state index < -0.39 is 5.97 Å². The fourth-order valence-electron chi connectivity index (χ4n) is 2.94. The summed E-state index contributed by atoms with van der Waals surface area (Å²) < 4.78 is 0. The Kier molecular flexibility index (Phi) is 4.50.